The normalized spacial score (nSPS) is 28.9. The third-order valence-corrected chi connectivity index (χ3v) is 5.02. The summed E-state index contributed by atoms with van der Waals surface area (Å²) in [6.45, 7) is 0. The summed E-state index contributed by atoms with van der Waals surface area (Å²) in [6.07, 6.45) is 6.81. The van der Waals surface area contributed by atoms with Crippen molar-refractivity contribution in [2.24, 2.45) is 17.8 Å². The number of ketones is 1. The van der Waals surface area contributed by atoms with Crippen LogP contribution in [0.1, 0.15) is 28.4 Å². The Kier molecular flexibility index (Phi) is 3.07. The number of hydrogen-bond acceptors (Lipinski definition) is 2. The molecule has 3 heteroatoms. The van der Waals surface area contributed by atoms with Gasteiger partial charge in [-0.2, -0.15) is 4.73 Å². The van der Waals surface area contributed by atoms with E-state index in [1.807, 2.05) is 18.2 Å². The Labute approximate surface area is 129 Å². The molecule has 110 valence electrons. The van der Waals surface area contributed by atoms with Crippen LogP contribution in [0.3, 0.4) is 0 Å². The molecule has 0 amide bonds. The molecule has 4 atom stereocenters. The Hall–Kier alpha value is -2.42. The van der Waals surface area contributed by atoms with E-state index in [2.05, 4.69) is 24.3 Å². The summed E-state index contributed by atoms with van der Waals surface area (Å²) in [5.41, 5.74) is 1.46. The number of carbonyl (C=O) groups is 1. The highest BCUT2D eigenvalue weighted by atomic mass is 16.5. The monoisotopic (exact) mass is 291 g/mol. The lowest BCUT2D eigenvalue weighted by Crippen LogP contribution is -2.38. The van der Waals surface area contributed by atoms with E-state index in [1.165, 1.54) is 11.8 Å². The van der Waals surface area contributed by atoms with Gasteiger partial charge >= 0.3 is 0 Å². The van der Waals surface area contributed by atoms with Crippen molar-refractivity contribution in [3.8, 4) is 0 Å². The van der Waals surface area contributed by atoms with E-state index in [1.54, 1.807) is 18.2 Å². The molecule has 0 spiro atoms. The van der Waals surface area contributed by atoms with Crippen molar-refractivity contribution < 1.29 is 9.52 Å². The van der Waals surface area contributed by atoms with Crippen LogP contribution in [0.15, 0.2) is 66.9 Å². The van der Waals surface area contributed by atoms with Crippen LogP contribution in [0.4, 0.5) is 0 Å². The van der Waals surface area contributed by atoms with E-state index in [4.69, 9.17) is 0 Å². The van der Waals surface area contributed by atoms with Crippen molar-refractivity contribution in [1.29, 1.82) is 0 Å². The Balaban J connectivity index is 1.75. The van der Waals surface area contributed by atoms with Gasteiger partial charge in [0, 0.05) is 24.0 Å². The van der Waals surface area contributed by atoms with Gasteiger partial charge in [-0.1, -0.05) is 42.5 Å². The Morgan fingerprint density at radius 1 is 1.00 bits per heavy atom. The van der Waals surface area contributed by atoms with Crippen LogP contribution in [0.25, 0.3) is 0 Å². The van der Waals surface area contributed by atoms with Gasteiger partial charge in [-0.3, -0.25) is 4.79 Å². The van der Waals surface area contributed by atoms with Gasteiger partial charge in [0.25, 0.3) is 5.69 Å². The van der Waals surface area contributed by atoms with E-state index in [0.29, 0.717) is 10.6 Å². The lowest BCUT2D eigenvalue weighted by Gasteiger charge is -2.26. The second-order valence-corrected chi connectivity index (χ2v) is 6.19. The first-order chi connectivity index (χ1) is 10.8. The molecule has 3 nitrogen and oxygen atoms in total. The predicted octanol–water partition coefficient (Wildman–Crippen LogP) is 3.11. The Morgan fingerprint density at radius 2 is 1.73 bits per heavy atom. The quantitative estimate of drug-likeness (QED) is 0.377. The van der Waals surface area contributed by atoms with Crippen LogP contribution in [-0.4, -0.2) is 5.78 Å². The maximum atomic E-state index is 13.0. The first-order valence-corrected chi connectivity index (χ1v) is 7.71. The summed E-state index contributed by atoms with van der Waals surface area (Å²) in [5, 5.41) is 11.9. The number of Topliss-reactive ketones (excluding diaryl/α,β-unsaturated/α-hetero) is 1. The molecule has 22 heavy (non-hydrogen) atoms. The van der Waals surface area contributed by atoms with Crippen LogP contribution in [0.5, 0.6) is 0 Å². The van der Waals surface area contributed by atoms with Gasteiger partial charge in [0.1, 0.15) is 0 Å². The molecule has 0 N–H and O–H groups in total. The SMILES string of the molecule is O=C(c1cccc[n+]1[O-])[C@H]1[C@H](c2ccccc2)[C@H]2C=C[C@@H]1C2. The number of rotatable bonds is 3. The van der Waals surface area contributed by atoms with E-state index < -0.39 is 0 Å². The molecule has 2 aliphatic rings. The number of aromatic nitrogens is 1. The summed E-state index contributed by atoms with van der Waals surface area (Å²) in [6, 6.07) is 15.2. The molecular formula is C19H17NO2. The van der Waals surface area contributed by atoms with Crippen molar-refractivity contribution in [2.45, 2.75) is 12.3 Å². The second-order valence-electron chi connectivity index (χ2n) is 6.19. The number of fused-ring (bicyclic) bond motifs is 2. The number of hydrogen-bond donors (Lipinski definition) is 0. The first kappa shape index (κ1) is 13.3. The number of carbonyl (C=O) groups excluding carboxylic acids is 1. The predicted molar refractivity (Wildman–Crippen MR) is 83.1 cm³/mol. The van der Waals surface area contributed by atoms with Crippen LogP contribution in [0, 0.1) is 23.0 Å². The molecule has 2 bridgehead atoms. The van der Waals surface area contributed by atoms with E-state index in [-0.39, 0.29) is 29.2 Å². The summed E-state index contributed by atoms with van der Waals surface area (Å²) < 4.78 is 0.695. The smallest absolute Gasteiger partial charge is 0.260 e. The van der Waals surface area contributed by atoms with Crippen LogP contribution < -0.4 is 4.73 Å². The summed E-state index contributed by atoms with van der Waals surface area (Å²) >= 11 is 0. The Bertz CT molecular complexity index is 738. The largest absolute Gasteiger partial charge is 0.618 e. The summed E-state index contributed by atoms with van der Waals surface area (Å²) in [7, 11) is 0. The van der Waals surface area contributed by atoms with E-state index >= 15 is 0 Å². The third kappa shape index (κ3) is 1.97. The fraction of sp³-hybridized carbons (Fsp3) is 0.263. The second kappa shape index (κ2) is 5.09. The maximum absolute atomic E-state index is 13.0. The maximum Gasteiger partial charge on any atom is 0.260 e. The van der Waals surface area contributed by atoms with Gasteiger partial charge < -0.3 is 5.21 Å². The fourth-order valence-electron chi connectivity index (χ4n) is 4.10. The van der Waals surface area contributed by atoms with Gasteiger partial charge in [0.15, 0.2) is 6.20 Å². The molecule has 1 heterocycles. The van der Waals surface area contributed by atoms with Crippen LogP contribution >= 0.6 is 0 Å². The lowest BCUT2D eigenvalue weighted by atomic mass is 9.75. The highest BCUT2D eigenvalue weighted by molar-refractivity contribution is 5.96. The number of benzene rings is 1. The molecule has 0 aliphatic heterocycles. The van der Waals surface area contributed by atoms with Gasteiger partial charge in [0.2, 0.25) is 5.78 Å². The molecule has 2 aromatic rings. The molecule has 1 aromatic heterocycles. The van der Waals surface area contributed by atoms with Crippen molar-refractivity contribution in [3.05, 3.63) is 83.3 Å². The highest BCUT2D eigenvalue weighted by Crippen LogP contribution is 2.53. The third-order valence-electron chi connectivity index (χ3n) is 5.02. The average molecular weight is 291 g/mol. The minimum Gasteiger partial charge on any atom is -0.618 e. The fourth-order valence-corrected chi connectivity index (χ4v) is 4.10. The van der Waals surface area contributed by atoms with Crippen molar-refractivity contribution >= 4 is 5.78 Å². The van der Waals surface area contributed by atoms with Crippen molar-refractivity contribution in [3.63, 3.8) is 0 Å². The molecule has 0 saturated heterocycles. The minimum atomic E-state index is -0.125. The number of allylic oxidation sites excluding steroid dienone is 2. The topological polar surface area (TPSA) is 44.0 Å². The van der Waals surface area contributed by atoms with Crippen molar-refractivity contribution in [1.82, 2.24) is 0 Å². The molecule has 1 fully saturated rings. The standard InChI is InChI=1S/C19H17NO2/c21-19(16-8-4-5-11-20(16)22)18-15-10-9-14(12-15)17(18)13-6-2-1-3-7-13/h1-11,14-15,17-18H,12H2/t14-,15+,17+,18+/m0/s1. The van der Waals surface area contributed by atoms with E-state index in [0.717, 1.165) is 6.42 Å². The summed E-state index contributed by atoms with van der Waals surface area (Å²) in [4.78, 5) is 13.0. The zero-order chi connectivity index (χ0) is 15.1. The molecule has 1 aromatic carbocycles. The Morgan fingerprint density at radius 3 is 2.50 bits per heavy atom. The van der Waals surface area contributed by atoms with Crippen LogP contribution in [-0.2, 0) is 0 Å². The minimum absolute atomic E-state index is 0.0266. The molecular weight excluding hydrogens is 274 g/mol. The summed E-state index contributed by atoms with van der Waals surface area (Å²) in [5.74, 6) is 0.693. The molecule has 2 aliphatic carbocycles. The number of pyridine rings is 1. The van der Waals surface area contributed by atoms with Gasteiger partial charge in [0.05, 0.1) is 0 Å². The van der Waals surface area contributed by atoms with Gasteiger partial charge in [-0.15, -0.1) is 0 Å². The van der Waals surface area contributed by atoms with Gasteiger partial charge in [-0.25, -0.2) is 0 Å². The van der Waals surface area contributed by atoms with E-state index in [9.17, 15) is 10.0 Å². The highest BCUT2D eigenvalue weighted by Gasteiger charge is 2.50. The molecule has 1 saturated carbocycles. The molecule has 0 unspecified atom stereocenters. The zero-order valence-corrected chi connectivity index (χ0v) is 12.1. The zero-order valence-electron chi connectivity index (χ0n) is 12.1. The molecule has 0 radical (unpaired) electrons. The molecule has 4 rings (SSSR count). The average Bonchev–Trinajstić information content (AvgIpc) is 3.16. The first-order valence-electron chi connectivity index (χ1n) is 7.71. The number of nitrogens with zero attached hydrogens (tertiary/aromatic N) is 1. The van der Waals surface area contributed by atoms with Crippen molar-refractivity contribution in [2.75, 3.05) is 0 Å². The van der Waals surface area contributed by atoms with Crippen LogP contribution in [0.2, 0.25) is 0 Å². The lowest BCUT2D eigenvalue weighted by molar-refractivity contribution is -0.607. The van der Waals surface area contributed by atoms with Gasteiger partial charge in [-0.05, 0) is 29.9 Å².